The molecule has 7 nitrogen and oxygen atoms in total. The number of hydrogen-bond donors (Lipinski definition) is 2. The van der Waals surface area contributed by atoms with Gasteiger partial charge in [-0.05, 0) is 36.2 Å². The standard InChI is InChI=1S/C22H21BrN6O/c1-2-3-11-25-22(30)18-19-21(28-17-10-5-4-9-16(17)27-19)29(20(18)24)26-13-14-7-6-8-15(23)12-14/h4-10,12-13H,2-3,11,24H2,1H3,(H,25,30)/b26-13-. The van der Waals surface area contributed by atoms with Crippen molar-refractivity contribution in [1.82, 2.24) is 20.0 Å². The molecule has 0 radical (unpaired) electrons. The molecule has 0 aliphatic rings. The molecule has 0 fully saturated rings. The molecule has 0 spiro atoms. The fraction of sp³-hybridized carbons (Fsp3) is 0.182. The lowest BCUT2D eigenvalue weighted by atomic mass is 10.2. The number of nitrogen functional groups attached to an aromatic ring is 1. The van der Waals surface area contributed by atoms with Gasteiger partial charge < -0.3 is 11.1 Å². The Morgan fingerprint density at radius 3 is 2.70 bits per heavy atom. The zero-order valence-corrected chi connectivity index (χ0v) is 18.1. The van der Waals surface area contributed by atoms with Crippen molar-refractivity contribution >= 4 is 56.1 Å². The van der Waals surface area contributed by atoms with Gasteiger partial charge in [0.15, 0.2) is 5.65 Å². The number of fused-ring (bicyclic) bond motifs is 2. The van der Waals surface area contributed by atoms with Crippen LogP contribution >= 0.6 is 15.9 Å². The number of rotatable bonds is 6. The van der Waals surface area contributed by atoms with Crippen LogP contribution in [0.3, 0.4) is 0 Å². The summed E-state index contributed by atoms with van der Waals surface area (Å²) >= 11 is 3.45. The highest BCUT2D eigenvalue weighted by molar-refractivity contribution is 9.10. The van der Waals surface area contributed by atoms with Crippen molar-refractivity contribution in [3.05, 3.63) is 64.1 Å². The zero-order valence-electron chi connectivity index (χ0n) is 16.5. The molecule has 0 bridgehead atoms. The normalized spacial score (nSPS) is 11.5. The van der Waals surface area contributed by atoms with Crippen LogP contribution in [-0.2, 0) is 0 Å². The maximum Gasteiger partial charge on any atom is 0.257 e. The van der Waals surface area contributed by atoms with Crippen LogP contribution < -0.4 is 11.1 Å². The molecular weight excluding hydrogens is 444 g/mol. The quantitative estimate of drug-likeness (QED) is 0.327. The predicted molar refractivity (Wildman–Crippen MR) is 124 cm³/mol. The van der Waals surface area contributed by atoms with Crippen LogP contribution in [0.25, 0.3) is 22.2 Å². The highest BCUT2D eigenvalue weighted by Gasteiger charge is 2.23. The van der Waals surface area contributed by atoms with Gasteiger partial charge in [0.2, 0.25) is 0 Å². The molecule has 0 unspecified atom stereocenters. The lowest BCUT2D eigenvalue weighted by molar-refractivity contribution is 0.0955. The summed E-state index contributed by atoms with van der Waals surface area (Å²) in [5.41, 5.74) is 9.84. The molecule has 0 atom stereocenters. The van der Waals surface area contributed by atoms with Gasteiger partial charge in [-0.25, -0.2) is 9.97 Å². The topological polar surface area (TPSA) is 98.2 Å². The van der Waals surface area contributed by atoms with Gasteiger partial charge in [0.25, 0.3) is 5.91 Å². The first-order chi connectivity index (χ1) is 14.6. The number of nitrogens with two attached hydrogens (primary N) is 1. The van der Waals surface area contributed by atoms with Crippen molar-refractivity contribution < 1.29 is 4.79 Å². The molecule has 0 saturated heterocycles. The Balaban J connectivity index is 1.86. The second-order valence-corrected chi connectivity index (χ2v) is 7.78. The number of para-hydroxylation sites is 2. The van der Waals surface area contributed by atoms with Crippen molar-refractivity contribution in [2.75, 3.05) is 12.3 Å². The average Bonchev–Trinajstić information content (AvgIpc) is 3.01. The smallest absolute Gasteiger partial charge is 0.257 e. The number of carbonyl (C=O) groups excluding carboxylic acids is 1. The van der Waals surface area contributed by atoms with Crippen LogP contribution in [0.1, 0.15) is 35.7 Å². The molecular formula is C22H21BrN6O. The van der Waals surface area contributed by atoms with E-state index in [0.717, 1.165) is 22.9 Å². The number of carbonyl (C=O) groups is 1. The molecule has 152 valence electrons. The Labute approximate surface area is 182 Å². The first-order valence-electron chi connectivity index (χ1n) is 9.73. The Kier molecular flexibility index (Phi) is 5.76. The minimum atomic E-state index is -0.271. The maximum absolute atomic E-state index is 12.9. The third kappa shape index (κ3) is 3.91. The Morgan fingerprint density at radius 1 is 1.20 bits per heavy atom. The van der Waals surface area contributed by atoms with Crippen LogP contribution in [0.15, 0.2) is 58.1 Å². The van der Waals surface area contributed by atoms with E-state index in [1.54, 1.807) is 6.21 Å². The summed E-state index contributed by atoms with van der Waals surface area (Å²) in [7, 11) is 0. The Morgan fingerprint density at radius 2 is 1.97 bits per heavy atom. The number of benzene rings is 2. The first kappa shape index (κ1) is 20.0. The summed E-state index contributed by atoms with van der Waals surface area (Å²) in [5.74, 6) is -0.0625. The molecule has 1 amide bonds. The summed E-state index contributed by atoms with van der Waals surface area (Å²) in [5, 5.41) is 7.43. The van der Waals surface area contributed by atoms with E-state index in [0.29, 0.717) is 34.3 Å². The van der Waals surface area contributed by atoms with Crippen LogP contribution in [0.4, 0.5) is 5.82 Å². The number of unbranched alkanes of at least 4 members (excludes halogenated alkanes) is 1. The third-order valence-electron chi connectivity index (χ3n) is 4.69. The minimum Gasteiger partial charge on any atom is -0.383 e. The largest absolute Gasteiger partial charge is 0.383 e. The summed E-state index contributed by atoms with van der Waals surface area (Å²) in [6.07, 6.45) is 3.55. The molecule has 30 heavy (non-hydrogen) atoms. The molecule has 0 aliphatic heterocycles. The van der Waals surface area contributed by atoms with Crippen molar-refractivity contribution in [2.45, 2.75) is 19.8 Å². The minimum absolute atomic E-state index is 0.209. The summed E-state index contributed by atoms with van der Waals surface area (Å²) in [4.78, 5) is 22.2. The second kappa shape index (κ2) is 8.62. The Hall–Kier alpha value is -3.26. The predicted octanol–water partition coefficient (Wildman–Crippen LogP) is 4.34. The third-order valence-corrected chi connectivity index (χ3v) is 5.18. The van der Waals surface area contributed by atoms with E-state index in [4.69, 9.17) is 5.73 Å². The second-order valence-electron chi connectivity index (χ2n) is 6.87. The van der Waals surface area contributed by atoms with Gasteiger partial charge in [-0.1, -0.05) is 53.5 Å². The molecule has 4 rings (SSSR count). The van der Waals surface area contributed by atoms with Crippen molar-refractivity contribution in [2.24, 2.45) is 5.10 Å². The van der Waals surface area contributed by atoms with Crippen LogP contribution in [0, 0.1) is 0 Å². The van der Waals surface area contributed by atoms with Crippen molar-refractivity contribution in [3.63, 3.8) is 0 Å². The van der Waals surface area contributed by atoms with Gasteiger partial charge in [-0.15, -0.1) is 0 Å². The molecule has 2 heterocycles. The summed E-state index contributed by atoms with van der Waals surface area (Å²) in [6.45, 7) is 2.64. The lowest BCUT2D eigenvalue weighted by Crippen LogP contribution is -2.25. The molecule has 0 saturated carbocycles. The van der Waals surface area contributed by atoms with E-state index in [1.807, 2.05) is 48.5 Å². The fourth-order valence-corrected chi connectivity index (χ4v) is 3.58. The number of nitrogens with zero attached hydrogens (tertiary/aromatic N) is 4. The molecule has 8 heteroatoms. The molecule has 3 N–H and O–H groups in total. The first-order valence-corrected chi connectivity index (χ1v) is 10.5. The fourth-order valence-electron chi connectivity index (χ4n) is 3.17. The van der Waals surface area contributed by atoms with Gasteiger partial charge >= 0.3 is 0 Å². The van der Waals surface area contributed by atoms with E-state index >= 15 is 0 Å². The number of halogens is 1. The van der Waals surface area contributed by atoms with Gasteiger partial charge in [0, 0.05) is 11.0 Å². The van der Waals surface area contributed by atoms with E-state index < -0.39 is 0 Å². The molecule has 2 aromatic heterocycles. The van der Waals surface area contributed by atoms with E-state index in [1.165, 1.54) is 4.68 Å². The molecule has 2 aromatic carbocycles. The molecule has 4 aromatic rings. The van der Waals surface area contributed by atoms with Crippen LogP contribution in [-0.4, -0.2) is 33.3 Å². The van der Waals surface area contributed by atoms with Gasteiger partial charge in [0.1, 0.15) is 16.9 Å². The average molecular weight is 465 g/mol. The van der Waals surface area contributed by atoms with Gasteiger partial charge in [-0.3, -0.25) is 4.79 Å². The van der Waals surface area contributed by atoms with Crippen molar-refractivity contribution in [3.8, 4) is 0 Å². The van der Waals surface area contributed by atoms with Crippen molar-refractivity contribution in [1.29, 1.82) is 0 Å². The SMILES string of the molecule is CCCCNC(=O)c1c(N)n(/N=C\c2cccc(Br)c2)c2nc3ccccc3nc12. The van der Waals surface area contributed by atoms with Crippen LogP contribution in [0.5, 0.6) is 0 Å². The number of amides is 1. The van der Waals surface area contributed by atoms with E-state index in [-0.39, 0.29) is 11.7 Å². The summed E-state index contributed by atoms with van der Waals surface area (Å²) < 4.78 is 2.42. The lowest BCUT2D eigenvalue weighted by Gasteiger charge is -2.04. The highest BCUT2D eigenvalue weighted by atomic mass is 79.9. The van der Waals surface area contributed by atoms with Gasteiger partial charge in [-0.2, -0.15) is 9.78 Å². The number of hydrogen-bond acceptors (Lipinski definition) is 5. The zero-order chi connectivity index (χ0) is 21.1. The monoisotopic (exact) mass is 464 g/mol. The number of nitrogens with one attached hydrogen (secondary N) is 1. The van der Waals surface area contributed by atoms with Crippen LogP contribution in [0.2, 0.25) is 0 Å². The van der Waals surface area contributed by atoms with Gasteiger partial charge in [0.05, 0.1) is 17.2 Å². The van der Waals surface area contributed by atoms with E-state index in [9.17, 15) is 4.79 Å². The highest BCUT2D eigenvalue weighted by Crippen LogP contribution is 2.27. The Bertz CT molecular complexity index is 1260. The number of aromatic nitrogens is 3. The summed E-state index contributed by atoms with van der Waals surface area (Å²) in [6, 6.07) is 15.2. The number of anilines is 1. The maximum atomic E-state index is 12.9. The molecule has 0 aliphatic carbocycles. The van der Waals surface area contributed by atoms with E-state index in [2.05, 4.69) is 43.2 Å².